The van der Waals surface area contributed by atoms with Crippen LogP contribution in [0.15, 0.2) is 0 Å². The second-order valence-corrected chi connectivity index (χ2v) is 1.38. The van der Waals surface area contributed by atoms with E-state index < -0.39 is 11.2 Å². The molecule has 0 fully saturated rings. The van der Waals surface area contributed by atoms with Crippen molar-refractivity contribution >= 4 is 34.4 Å². The van der Waals surface area contributed by atoms with Gasteiger partial charge in [0.1, 0.15) is 0 Å². The fourth-order valence-electron chi connectivity index (χ4n) is 0.106. The molecule has 8 heavy (non-hydrogen) atoms. The van der Waals surface area contributed by atoms with Crippen molar-refractivity contribution < 1.29 is 14.3 Å². The normalized spacial score (nSPS) is 8.25. The predicted molar refractivity (Wildman–Crippen MR) is 27.7 cm³/mol. The Hall–Kier alpha value is -0.280. The van der Waals surface area contributed by atoms with E-state index in [0.717, 1.165) is 0 Å². The zero-order valence-electron chi connectivity index (χ0n) is 3.69. The van der Waals surface area contributed by atoms with Crippen LogP contribution in [0.25, 0.3) is 0 Å². The van der Waals surface area contributed by atoms with Gasteiger partial charge in [-0.3, -0.25) is 4.79 Å². The predicted octanol–water partition coefficient (Wildman–Crippen LogP) is 0.491. The largest absolute Gasteiger partial charge is 0.443 e. The lowest BCUT2D eigenvalue weighted by Gasteiger charge is -1.90. The van der Waals surface area contributed by atoms with Crippen LogP contribution in [0.2, 0.25) is 0 Å². The van der Waals surface area contributed by atoms with Crippen LogP contribution >= 0.6 is 23.2 Å². The maximum absolute atomic E-state index is 9.95. The van der Waals surface area contributed by atoms with E-state index in [4.69, 9.17) is 11.6 Å². The lowest BCUT2D eigenvalue weighted by Crippen LogP contribution is -2.09. The van der Waals surface area contributed by atoms with Crippen molar-refractivity contribution in [1.82, 2.24) is 0 Å². The third kappa shape index (κ3) is 2.82. The maximum atomic E-state index is 9.95. The van der Waals surface area contributed by atoms with Gasteiger partial charge in [-0.05, 0) is 11.6 Å². The van der Waals surface area contributed by atoms with Gasteiger partial charge in [0.05, 0.1) is 0 Å². The van der Waals surface area contributed by atoms with E-state index >= 15 is 0 Å². The van der Waals surface area contributed by atoms with Gasteiger partial charge in [-0.1, -0.05) is 11.6 Å². The fraction of sp³-hybridized carbons (Fsp3) is 0.333. The summed E-state index contributed by atoms with van der Waals surface area (Å²) in [6.07, 6.45) is 0. The van der Waals surface area contributed by atoms with Crippen LogP contribution in [0.3, 0.4) is 0 Å². The van der Waals surface area contributed by atoms with Gasteiger partial charge in [0.25, 0.3) is 0 Å². The summed E-state index contributed by atoms with van der Waals surface area (Å²) in [5.41, 5.74) is 0. The number of alkyl halides is 1. The maximum Gasteiger partial charge on any atom is 0.392 e. The summed E-state index contributed by atoms with van der Waals surface area (Å²) in [7, 11) is 0. The minimum absolute atomic E-state index is 0.350. The zero-order valence-corrected chi connectivity index (χ0v) is 5.20. The van der Waals surface area contributed by atoms with Crippen molar-refractivity contribution in [2.45, 2.75) is 0 Å². The first-order valence-electron chi connectivity index (χ1n) is 1.61. The lowest BCUT2D eigenvalue weighted by molar-refractivity contribution is -0.148. The van der Waals surface area contributed by atoms with E-state index in [0.29, 0.717) is 0 Å². The molecule has 0 N–H and O–H groups in total. The van der Waals surface area contributed by atoms with Gasteiger partial charge in [0.15, 0.2) is 6.07 Å². The van der Waals surface area contributed by atoms with Crippen molar-refractivity contribution in [3.63, 3.8) is 0 Å². The summed E-state index contributed by atoms with van der Waals surface area (Å²) >= 11 is 9.52. The minimum atomic E-state index is -1.16. The number of rotatable bonds is 2. The van der Waals surface area contributed by atoms with Gasteiger partial charge in [-0.15, -0.1) is 0 Å². The Balaban J connectivity index is 3.49. The number of hydrogen-bond acceptors (Lipinski definition) is 3. The standard InChI is InChI=1S/C3H2Cl2O3/c4-1-8-3(7)2(5)6/h1H2. The molecule has 0 aromatic rings. The average molecular weight is 157 g/mol. The molecule has 0 aromatic carbocycles. The zero-order chi connectivity index (χ0) is 6.57. The lowest BCUT2D eigenvalue weighted by atomic mass is 10.8. The topological polar surface area (TPSA) is 43.4 Å². The van der Waals surface area contributed by atoms with E-state index in [1.54, 1.807) is 0 Å². The first-order chi connectivity index (χ1) is 3.68. The molecule has 0 spiro atoms. The fourth-order valence-corrected chi connectivity index (χ4v) is 0.260. The first kappa shape index (κ1) is 7.72. The molecule has 0 rings (SSSR count). The second kappa shape index (κ2) is 3.69. The number of carbonyl (C=O) groups is 2. The van der Waals surface area contributed by atoms with Crippen LogP contribution < -0.4 is 0 Å². The molecule has 0 amide bonds. The van der Waals surface area contributed by atoms with Crippen LogP contribution in [-0.4, -0.2) is 17.3 Å². The molecule has 0 aliphatic rings. The van der Waals surface area contributed by atoms with E-state index in [-0.39, 0.29) is 6.07 Å². The molecule has 3 nitrogen and oxygen atoms in total. The highest BCUT2D eigenvalue weighted by Crippen LogP contribution is 1.86. The van der Waals surface area contributed by atoms with Gasteiger partial charge >= 0.3 is 11.2 Å². The number of carbonyl (C=O) groups excluding carboxylic acids is 2. The number of esters is 1. The summed E-state index contributed by atoms with van der Waals surface area (Å²) < 4.78 is 3.95. The number of hydrogen-bond donors (Lipinski definition) is 0. The van der Waals surface area contributed by atoms with Gasteiger partial charge in [-0.25, -0.2) is 4.79 Å². The SMILES string of the molecule is O=C(Cl)C(=O)OCCl. The highest BCUT2D eigenvalue weighted by atomic mass is 35.5. The van der Waals surface area contributed by atoms with Crippen LogP contribution in [0.4, 0.5) is 0 Å². The van der Waals surface area contributed by atoms with Gasteiger partial charge in [0, 0.05) is 0 Å². The van der Waals surface area contributed by atoms with E-state index in [2.05, 4.69) is 16.3 Å². The molecule has 0 aromatic heterocycles. The first-order valence-corrected chi connectivity index (χ1v) is 2.52. The van der Waals surface area contributed by atoms with Crippen molar-refractivity contribution in [2.75, 3.05) is 6.07 Å². The molecule has 0 saturated heterocycles. The van der Waals surface area contributed by atoms with Crippen molar-refractivity contribution in [1.29, 1.82) is 0 Å². The second-order valence-electron chi connectivity index (χ2n) is 0.815. The summed E-state index contributed by atoms with van der Waals surface area (Å²) in [6, 6.07) is -0.350. The van der Waals surface area contributed by atoms with E-state index in [9.17, 15) is 9.59 Å². The van der Waals surface area contributed by atoms with Crippen molar-refractivity contribution in [2.24, 2.45) is 0 Å². The third-order valence-electron chi connectivity index (χ3n) is 0.346. The third-order valence-corrected chi connectivity index (χ3v) is 0.610. The molecule has 5 heteroatoms. The van der Waals surface area contributed by atoms with Gasteiger partial charge < -0.3 is 4.74 Å². The van der Waals surface area contributed by atoms with E-state index in [1.165, 1.54) is 0 Å². The highest BCUT2D eigenvalue weighted by molar-refractivity contribution is 6.80. The summed E-state index contributed by atoms with van der Waals surface area (Å²) in [5, 5.41) is -1.16. The highest BCUT2D eigenvalue weighted by Gasteiger charge is 2.09. The minimum Gasteiger partial charge on any atom is -0.443 e. The number of halogens is 2. The quantitative estimate of drug-likeness (QED) is 0.253. The molecule has 0 saturated carbocycles. The molecular weight excluding hydrogens is 155 g/mol. The van der Waals surface area contributed by atoms with E-state index in [1.807, 2.05) is 0 Å². The van der Waals surface area contributed by atoms with Crippen LogP contribution in [0.5, 0.6) is 0 Å². The molecule has 0 heterocycles. The molecular formula is C3H2Cl2O3. The molecule has 46 valence electrons. The van der Waals surface area contributed by atoms with Gasteiger partial charge in [-0.2, -0.15) is 0 Å². The molecule has 0 atom stereocenters. The summed E-state index contributed by atoms with van der Waals surface area (Å²) in [4.78, 5) is 19.7. The Morgan fingerprint density at radius 3 is 2.12 bits per heavy atom. The Kier molecular flexibility index (Phi) is 3.56. The summed E-state index contributed by atoms with van der Waals surface area (Å²) in [5.74, 6) is -1.12. The Morgan fingerprint density at radius 2 is 2.00 bits per heavy atom. The summed E-state index contributed by atoms with van der Waals surface area (Å²) in [6.45, 7) is 0. The van der Waals surface area contributed by atoms with Crippen molar-refractivity contribution in [3.8, 4) is 0 Å². The van der Waals surface area contributed by atoms with Crippen LogP contribution in [-0.2, 0) is 14.3 Å². The Labute approximate surface area is 55.5 Å². The van der Waals surface area contributed by atoms with Crippen molar-refractivity contribution in [3.05, 3.63) is 0 Å². The monoisotopic (exact) mass is 156 g/mol. The molecule has 0 aliphatic carbocycles. The van der Waals surface area contributed by atoms with Crippen LogP contribution in [0, 0.1) is 0 Å². The molecule has 0 unspecified atom stereocenters. The molecule has 0 aliphatic heterocycles. The average Bonchev–Trinajstić information content (AvgIpc) is 1.67. The number of ether oxygens (including phenoxy) is 1. The smallest absolute Gasteiger partial charge is 0.392 e. The Bertz CT molecular complexity index is 111. The Morgan fingerprint density at radius 1 is 1.50 bits per heavy atom. The molecule has 0 radical (unpaired) electrons. The van der Waals surface area contributed by atoms with Gasteiger partial charge in [0.2, 0.25) is 0 Å². The molecule has 0 bridgehead atoms. The van der Waals surface area contributed by atoms with Crippen LogP contribution in [0.1, 0.15) is 0 Å².